The topological polar surface area (TPSA) is 51.4 Å². The van der Waals surface area contributed by atoms with Crippen LogP contribution in [-0.2, 0) is 19.0 Å². The van der Waals surface area contributed by atoms with Crippen LogP contribution in [0.3, 0.4) is 0 Å². The van der Waals surface area contributed by atoms with Gasteiger partial charge in [0.1, 0.15) is 12.2 Å². The zero-order valence-corrected chi connectivity index (χ0v) is 7.49. The molecule has 2 heterocycles. The predicted molar refractivity (Wildman–Crippen MR) is 42.1 cm³/mol. The van der Waals surface area contributed by atoms with E-state index in [0.717, 1.165) is 12.8 Å². The summed E-state index contributed by atoms with van der Waals surface area (Å²) >= 11 is 0. The van der Waals surface area contributed by atoms with Crippen LogP contribution >= 0.6 is 0 Å². The van der Waals surface area contributed by atoms with Crippen molar-refractivity contribution in [2.45, 2.75) is 43.7 Å². The van der Waals surface area contributed by atoms with E-state index in [9.17, 15) is 4.79 Å². The molecule has 1 saturated carbocycles. The van der Waals surface area contributed by atoms with Crippen molar-refractivity contribution in [3.05, 3.63) is 0 Å². The first kappa shape index (κ1) is 7.76. The Morgan fingerprint density at radius 2 is 2.54 bits per heavy atom. The van der Waals surface area contributed by atoms with Crippen LogP contribution in [0.25, 0.3) is 0 Å². The van der Waals surface area contributed by atoms with Gasteiger partial charge in [-0.1, -0.05) is 0 Å². The molecule has 13 heavy (non-hydrogen) atoms. The lowest BCUT2D eigenvalue weighted by Crippen LogP contribution is -2.34. The highest BCUT2D eigenvalue weighted by Crippen LogP contribution is 2.56. The predicted octanol–water partition coefficient (Wildman–Crippen LogP) is 0.248. The summed E-state index contributed by atoms with van der Waals surface area (Å²) in [4.78, 5) is 11.5. The van der Waals surface area contributed by atoms with Crippen molar-refractivity contribution in [3.63, 3.8) is 0 Å². The van der Waals surface area contributed by atoms with Gasteiger partial charge in [0.05, 0.1) is 12.7 Å². The largest absolute Gasteiger partial charge is 0.464 e. The monoisotopic (exact) mass is 184 g/mol. The van der Waals surface area contributed by atoms with E-state index in [-0.39, 0.29) is 18.2 Å². The average molecular weight is 184 g/mol. The lowest BCUT2D eigenvalue weighted by atomic mass is 9.89. The van der Waals surface area contributed by atoms with Gasteiger partial charge in [-0.25, -0.2) is 4.79 Å². The van der Waals surface area contributed by atoms with Gasteiger partial charge in [0.15, 0.2) is 5.60 Å². The number of fused-ring (bicyclic) bond motifs is 3. The van der Waals surface area contributed by atoms with Crippen molar-refractivity contribution in [1.82, 2.24) is 0 Å². The molecule has 0 aromatic heterocycles. The Hall–Kier alpha value is -0.610. The lowest BCUT2D eigenvalue weighted by Gasteiger charge is -2.12. The van der Waals surface area contributed by atoms with Crippen molar-refractivity contribution in [2.24, 2.45) is 0 Å². The lowest BCUT2D eigenvalue weighted by molar-refractivity contribution is -0.149. The molecule has 4 heteroatoms. The normalized spacial score (nSPS) is 50.4. The van der Waals surface area contributed by atoms with Gasteiger partial charge in [-0.05, 0) is 19.8 Å². The summed E-state index contributed by atoms with van der Waals surface area (Å²) in [7, 11) is 0. The van der Waals surface area contributed by atoms with E-state index in [1.54, 1.807) is 0 Å². The third kappa shape index (κ3) is 0.901. The smallest absolute Gasteiger partial charge is 0.341 e. The maximum Gasteiger partial charge on any atom is 0.341 e. The first-order chi connectivity index (χ1) is 6.28. The second-order valence-corrected chi connectivity index (χ2v) is 3.83. The molecule has 0 spiro atoms. The van der Waals surface area contributed by atoms with E-state index in [0.29, 0.717) is 12.7 Å². The molecular formula is C9H12O4. The fourth-order valence-corrected chi connectivity index (χ4v) is 2.26. The number of epoxide rings is 2. The van der Waals surface area contributed by atoms with Crippen LogP contribution in [0.15, 0.2) is 0 Å². The summed E-state index contributed by atoms with van der Waals surface area (Å²) in [5.41, 5.74) is -0.617. The van der Waals surface area contributed by atoms with Crippen LogP contribution in [0.4, 0.5) is 0 Å². The maximum atomic E-state index is 11.5. The maximum absolute atomic E-state index is 11.5. The van der Waals surface area contributed by atoms with E-state index in [4.69, 9.17) is 14.2 Å². The fraction of sp³-hybridized carbons (Fsp3) is 0.889. The minimum atomic E-state index is -0.617. The fourth-order valence-electron chi connectivity index (χ4n) is 2.26. The van der Waals surface area contributed by atoms with E-state index in [1.165, 1.54) is 0 Å². The molecule has 0 aromatic carbocycles. The number of carbonyl (C=O) groups excluding carboxylic acids is 1. The Morgan fingerprint density at radius 1 is 1.69 bits per heavy atom. The molecule has 0 aromatic rings. The molecule has 1 aliphatic carbocycles. The third-order valence-corrected chi connectivity index (χ3v) is 3.08. The van der Waals surface area contributed by atoms with Crippen LogP contribution in [0, 0.1) is 0 Å². The minimum absolute atomic E-state index is 0.00898. The third-order valence-electron chi connectivity index (χ3n) is 3.08. The molecule has 0 amide bonds. The summed E-state index contributed by atoms with van der Waals surface area (Å²) in [6, 6.07) is 0. The van der Waals surface area contributed by atoms with Gasteiger partial charge in [0.25, 0.3) is 0 Å². The number of carbonyl (C=O) groups is 1. The van der Waals surface area contributed by atoms with Crippen molar-refractivity contribution < 1.29 is 19.0 Å². The molecule has 3 rings (SSSR count). The first-order valence-electron chi connectivity index (χ1n) is 4.78. The SMILES string of the molecule is CCOC(=O)C12CCC3OC3C1O2. The van der Waals surface area contributed by atoms with E-state index in [2.05, 4.69) is 0 Å². The Balaban J connectivity index is 1.74. The van der Waals surface area contributed by atoms with Gasteiger partial charge in [0.2, 0.25) is 0 Å². The number of rotatable bonds is 2. The van der Waals surface area contributed by atoms with Gasteiger partial charge < -0.3 is 14.2 Å². The molecule has 0 radical (unpaired) electrons. The van der Waals surface area contributed by atoms with Crippen LogP contribution in [0.1, 0.15) is 19.8 Å². The molecule has 0 bridgehead atoms. The first-order valence-corrected chi connectivity index (χ1v) is 4.78. The van der Waals surface area contributed by atoms with Crippen LogP contribution < -0.4 is 0 Å². The van der Waals surface area contributed by atoms with Crippen LogP contribution in [-0.4, -0.2) is 36.5 Å². The van der Waals surface area contributed by atoms with Gasteiger partial charge in [-0.2, -0.15) is 0 Å². The Morgan fingerprint density at radius 3 is 3.31 bits per heavy atom. The summed E-state index contributed by atoms with van der Waals surface area (Å²) in [6.45, 7) is 2.23. The van der Waals surface area contributed by atoms with Crippen molar-refractivity contribution in [3.8, 4) is 0 Å². The van der Waals surface area contributed by atoms with Gasteiger partial charge in [0, 0.05) is 0 Å². The molecule has 4 nitrogen and oxygen atoms in total. The van der Waals surface area contributed by atoms with Crippen molar-refractivity contribution >= 4 is 5.97 Å². The number of hydrogen-bond acceptors (Lipinski definition) is 4. The number of hydrogen-bond donors (Lipinski definition) is 0. The standard InChI is InChI=1S/C9H12O4/c1-2-11-8(10)9-4-3-5-6(12-5)7(9)13-9/h5-7H,2-4H2,1H3. The second kappa shape index (κ2) is 2.25. The minimum Gasteiger partial charge on any atom is -0.464 e. The molecule has 3 aliphatic rings. The van der Waals surface area contributed by atoms with Gasteiger partial charge in [-0.3, -0.25) is 0 Å². The highest BCUT2D eigenvalue weighted by atomic mass is 16.7. The Labute approximate surface area is 76.1 Å². The zero-order chi connectivity index (χ0) is 9.05. The van der Waals surface area contributed by atoms with Crippen LogP contribution in [0.5, 0.6) is 0 Å². The molecule has 2 saturated heterocycles. The van der Waals surface area contributed by atoms with Crippen molar-refractivity contribution in [2.75, 3.05) is 6.61 Å². The van der Waals surface area contributed by atoms with Gasteiger partial charge in [-0.15, -0.1) is 0 Å². The molecule has 4 unspecified atom stereocenters. The quantitative estimate of drug-likeness (QED) is 0.456. The molecule has 4 atom stereocenters. The van der Waals surface area contributed by atoms with Crippen LogP contribution in [0.2, 0.25) is 0 Å². The Bertz CT molecular complexity index is 264. The summed E-state index contributed by atoms with van der Waals surface area (Å²) in [5.74, 6) is -0.200. The molecule has 0 N–H and O–H groups in total. The number of ether oxygens (including phenoxy) is 3. The number of esters is 1. The highest BCUT2D eigenvalue weighted by Gasteiger charge is 2.75. The molecule has 72 valence electrons. The molecular weight excluding hydrogens is 172 g/mol. The van der Waals surface area contributed by atoms with Gasteiger partial charge >= 0.3 is 5.97 Å². The van der Waals surface area contributed by atoms with E-state index in [1.807, 2.05) is 6.92 Å². The molecule has 3 fully saturated rings. The summed E-state index contributed by atoms with van der Waals surface area (Å²) in [5, 5.41) is 0. The average Bonchev–Trinajstić information content (AvgIpc) is 2.98. The van der Waals surface area contributed by atoms with E-state index < -0.39 is 5.60 Å². The second-order valence-electron chi connectivity index (χ2n) is 3.83. The highest BCUT2D eigenvalue weighted by molar-refractivity contribution is 5.84. The molecule has 2 aliphatic heterocycles. The summed E-state index contributed by atoms with van der Waals surface area (Å²) < 4.78 is 15.8. The Kier molecular flexibility index (Phi) is 1.34. The summed E-state index contributed by atoms with van der Waals surface area (Å²) in [6.07, 6.45) is 2.22. The van der Waals surface area contributed by atoms with E-state index >= 15 is 0 Å². The van der Waals surface area contributed by atoms with Crippen molar-refractivity contribution in [1.29, 1.82) is 0 Å². The zero-order valence-electron chi connectivity index (χ0n) is 7.49.